The smallest absolute Gasteiger partial charge is 0.261 e. The minimum Gasteiger partial charge on any atom is -0.322 e. The van der Waals surface area contributed by atoms with Crippen molar-refractivity contribution in [2.24, 2.45) is 0 Å². The van der Waals surface area contributed by atoms with Gasteiger partial charge in [0.2, 0.25) is 0 Å². The maximum atomic E-state index is 12.5. The molecule has 1 heterocycles. The second-order valence-electron chi connectivity index (χ2n) is 6.88. The highest BCUT2D eigenvalue weighted by molar-refractivity contribution is 6.04. The highest BCUT2D eigenvalue weighted by atomic mass is 16.2. The van der Waals surface area contributed by atoms with E-state index in [0.29, 0.717) is 11.4 Å². The summed E-state index contributed by atoms with van der Waals surface area (Å²) in [5.41, 5.74) is 5.15. The van der Waals surface area contributed by atoms with Crippen LogP contribution in [0.1, 0.15) is 15.9 Å². The molecule has 0 fully saturated rings. The normalized spacial score (nSPS) is 10.5. The first-order valence-electron chi connectivity index (χ1n) is 9.37. The van der Waals surface area contributed by atoms with Gasteiger partial charge in [0, 0.05) is 11.4 Å². The molecule has 0 unspecified atom stereocenters. The van der Waals surface area contributed by atoms with Crippen LogP contribution in [0.4, 0.5) is 5.69 Å². The van der Waals surface area contributed by atoms with Gasteiger partial charge in [-0.1, -0.05) is 66.7 Å². The van der Waals surface area contributed by atoms with E-state index in [9.17, 15) is 9.59 Å². The molecule has 4 rings (SSSR count). The molecule has 142 valence electrons. The molecule has 0 aliphatic carbocycles. The molecule has 0 spiro atoms. The van der Waals surface area contributed by atoms with E-state index < -0.39 is 11.5 Å². The molecule has 2 N–H and O–H groups in total. The second kappa shape index (κ2) is 7.98. The predicted molar refractivity (Wildman–Crippen MR) is 117 cm³/mol. The van der Waals surface area contributed by atoms with Gasteiger partial charge in [-0.05, 0) is 53.4 Å². The quantitative estimate of drug-likeness (QED) is 0.507. The van der Waals surface area contributed by atoms with Gasteiger partial charge in [-0.15, -0.1) is 0 Å². The molecular weight excluding hydrogens is 360 g/mol. The molecule has 0 saturated heterocycles. The number of H-pyrrole nitrogens is 1. The summed E-state index contributed by atoms with van der Waals surface area (Å²) in [5, 5.41) is 2.77. The number of carbonyl (C=O) groups is 1. The Morgan fingerprint density at radius 1 is 0.759 bits per heavy atom. The molecule has 29 heavy (non-hydrogen) atoms. The van der Waals surface area contributed by atoms with Gasteiger partial charge >= 0.3 is 0 Å². The van der Waals surface area contributed by atoms with E-state index in [1.165, 1.54) is 0 Å². The average Bonchev–Trinajstić information content (AvgIpc) is 2.74. The molecule has 1 amide bonds. The van der Waals surface area contributed by atoms with Gasteiger partial charge in [-0.25, -0.2) is 0 Å². The lowest BCUT2D eigenvalue weighted by molar-refractivity contribution is 0.102. The largest absolute Gasteiger partial charge is 0.322 e. The number of benzene rings is 3. The fraction of sp³-hybridized carbons (Fsp3) is 0.0400. The number of aromatic amines is 1. The van der Waals surface area contributed by atoms with E-state index in [-0.39, 0.29) is 5.56 Å². The molecular formula is C25H20N2O2. The summed E-state index contributed by atoms with van der Waals surface area (Å²) in [6.45, 7) is 1.94. The molecule has 4 aromatic rings. The van der Waals surface area contributed by atoms with Gasteiger partial charge in [0.15, 0.2) is 0 Å². The summed E-state index contributed by atoms with van der Waals surface area (Å²) in [4.78, 5) is 27.8. The molecule has 4 heteroatoms. The summed E-state index contributed by atoms with van der Waals surface area (Å²) in [6, 6.07) is 28.8. The van der Waals surface area contributed by atoms with Crippen LogP contribution in [-0.2, 0) is 0 Å². The van der Waals surface area contributed by atoms with Crippen LogP contribution in [0.5, 0.6) is 0 Å². The fourth-order valence-corrected chi connectivity index (χ4v) is 3.21. The monoisotopic (exact) mass is 380 g/mol. The molecule has 3 aromatic carbocycles. The molecule has 0 aliphatic rings. The zero-order valence-corrected chi connectivity index (χ0v) is 16.0. The van der Waals surface area contributed by atoms with Crippen LogP contribution in [0.25, 0.3) is 22.4 Å². The maximum Gasteiger partial charge on any atom is 0.261 e. The van der Waals surface area contributed by atoms with E-state index in [0.717, 1.165) is 22.3 Å². The minimum absolute atomic E-state index is 0.0798. The lowest BCUT2D eigenvalue weighted by Gasteiger charge is -2.08. The van der Waals surface area contributed by atoms with Crippen molar-refractivity contribution in [3.63, 3.8) is 0 Å². The van der Waals surface area contributed by atoms with Gasteiger partial charge < -0.3 is 10.3 Å². The Hall–Kier alpha value is -3.92. The number of anilines is 1. The Morgan fingerprint density at radius 2 is 1.45 bits per heavy atom. The number of hydrogen-bond acceptors (Lipinski definition) is 2. The van der Waals surface area contributed by atoms with Gasteiger partial charge in [0.25, 0.3) is 11.5 Å². The summed E-state index contributed by atoms with van der Waals surface area (Å²) in [5.74, 6) is -0.428. The summed E-state index contributed by atoms with van der Waals surface area (Å²) in [7, 11) is 0. The lowest BCUT2D eigenvalue weighted by Crippen LogP contribution is -2.23. The first-order chi connectivity index (χ1) is 14.1. The third kappa shape index (κ3) is 4.17. The highest BCUT2D eigenvalue weighted by Gasteiger charge is 2.12. The van der Waals surface area contributed by atoms with Crippen LogP contribution in [0.15, 0.2) is 95.8 Å². The van der Waals surface area contributed by atoms with Gasteiger partial charge in [-0.2, -0.15) is 0 Å². The number of carbonyl (C=O) groups excluding carboxylic acids is 1. The first kappa shape index (κ1) is 18.4. The van der Waals surface area contributed by atoms with Crippen molar-refractivity contribution in [1.82, 2.24) is 4.98 Å². The van der Waals surface area contributed by atoms with Crippen LogP contribution >= 0.6 is 0 Å². The summed E-state index contributed by atoms with van der Waals surface area (Å²) in [6.07, 6.45) is 0. The third-order valence-corrected chi connectivity index (χ3v) is 4.73. The number of rotatable bonds is 4. The van der Waals surface area contributed by atoms with Crippen molar-refractivity contribution < 1.29 is 4.79 Å². The average molecular weight is 380 g/mol. The zero-order chi connectivity index (χ0) is 20.2. The number of nitrogens with one attached hydrogen (secondary N) is 2. The summed E-state index contributed by atoms with van der Waals surface area (Å²) >= 11 is 0. The topological polar surface area (TPSA) is 62.0 Å². The van der Waals surface area contributed by atoms with E-state index in [4.69, 9.17) is 0 Å². The predicted octanol–water partition coefficient (Wildman–Crippen LogP) is 5.27. The Balaban J connectivity index is 1.55. The number of aryl methyl sites for hydroxylation is 1. The van der Waals surface area contributed by atoms with Crippen LogP contribution in [-0.4, -0.2) is 10.9 Å². The first-order valence-corrected chi connectivity index (χ1v) is 9.37. The van der Waals surface area contributed by atoms with Crippen LogP contribution in [0.3, 0.4) is 0 Å². The van der Waals surface area contributed by atoms with Gasteiger partial charge in [0.05, 0.1) is 0 Å². The van der Waals surface area contributed by atoms with Crippen LogP contribution < -0.4 is 10.9 Å². The van der Waals surface area contributed by atoms with Crippen molar-refractivity contribution in [3.05, 3.63) is 112 Å². The molecule has 0 bridgehead atoms. The van der Waals surface area contributed by atoms with Crippen molar-refractivity contribution >= 4 is 11.6 Å². The number of hydrogen-bond donors (Lipinski definition) is 2. The molecule has 0 atom stereocenters. The van der Waals surface area contributed by atoms with E-state index in [1.54, 1.807) is 18.2 Å². The van der Waals surface area contributed by atoms with Crippen molar-refractivity contribution in [2.45, 2.75) is 6.92 Å². The molecule has 0 saturated carbocycles. The highest BCUT2D eigenvalue weighted by Crippen LogP contribution is 2.23. The lowest BCUT2D eigenvalue weighted by atomic mass is 10.0. The fourth-order valence-electron chi connectivity index (χ4n) is 3.21. The Kier molecular flexibility index (Phi) is 5.08. The Morgan fingerprint density at radius 3 is 2.14 bits per heavy atom. The number of amides is 1. The van der Waals surface area contributed by atoms with E-state index in [2.05, 4.69) is 22.4 Å². The van der Waals surface area contributed by atoms with Crippen LogP contribution in [0.2, 0.25) is 0 Å². The van der Waals surface area contributed by atoms with E-state index in [1.807, 2.05) is 67.6 Å². The van der Waals surface area contributed by atoms with Crippen molar-refractivity contribution in [1.29, 1.82) is 0 Å². The zero-order valence-electron chi connectivity index (χ0n) is 16.0. The minimum atomic E-state index is -0.428. The summed E-state index contributed by atoms with van der Waals surface area (Å²) < 4.78 is 0. The van der Waals surface area contributed by atoms with Gasteiger partial charge in [0.1, 0.15) is 5.56 Å². The molecule has 4 nitrogen and oxygen atoms in total. The second-order valence-corrected chi connectivity index (χ2v) is 6.88. The standard InChI is InChI=1S/C25H20N2O2/c1-17-6-5-9-21(16-17)26-24(28)22-14-15-23(27-25(22)29)20-12-10-19(11-13-20)18-7-3-2-4-8-18/h2-16H,1H3,(H,26,28)(H,27,29). The number of aromatic nitrogens is 1. The Labute approximate surface area is 168 Å². The molecule has 0 aliphatic heterocycles. The van der Waals surface area contributed by atoms with Gasteiger partial charge in [-0.3, -0.25) is 9.59 Å². The molecule has 1 aromatic heterocycles. The Bertz CT molecular complexity index is 1210. The van der Waals surface area contributed by atoms with Crippen molar-refractivity contribution in [3.8, 4) is 22.4 Å². The SMILES string of the molecule is Cc1cccc(NC(=O)c2ccc(-c3ccc(-c4ccccc4)cc3)[nH]c2=O)c1. The number of pyridine rings is 1. The maximum absolute atomic E-state index is 12.5. The third-order valence-electron chi connectivity index (χ3n) is 4.73. The van der Waals surface area contributed by atoms with E-state index >= 15 is 0 Å². The van der Waals surface area contributed by atoms with Crippen molar-refractivity contribution in [2.75, 3.05) is 5.32 Å². The molecule has 0 radical (unpaired) electrons. The van der Waals surface area contributed by atoms with Crippen LogP contribution in [0, 0.1) is 6.92 Å².